The minimum Gasteiger partial charge on any atom is -0.337 e. The van der Waals surface area contributed by atoms with Crippen molar-refractivity contribution in [1.82, 2.24) is 10.2 Å². The van der Waals surface area contributed by atoms with Gasteiger partial charge in [0.25, 0.3) is 11.8 Å². The van der Waals surface area contributed by atoms with Gasteiger partial charge in [-0.1, -0.05) is 12.1 Å². The van der Waals surface area contributed by atoms with Crippen LogP contribution in [0, 0.1) is 6.92 Å². The standard InChI is InChI=1S/C18H21N3O2S/c1-13-5-6-14(18(23)21-9-3-7-19-8-10-21)12-15(13)20-17(22)16-4-2-11-24-16/h2,4-6,11-12,19H,3,7-10H2,1H3,(H,20,22). The number of thiophene rings is 1. The zero-order valence-electron chi connectivity index (χ0n) is 13.7. The van der Waals surface area contributed by atoms with Crippen LogP contribution in [0.2, 0.25) is 0 Å². The van der Waals surface area contributed by atoms with Gasteiger partial charge in [-0.15, -0.1) is 11.3 Å². The van der Waals surface area contributed by atoms with Crippen LogP contribution >= 0.6 is 11.3 Å². The van der Waals surface area contributed by atoms with E-state index >= 15 is 0 Å². The van der Waals surface area contributed by atoms with Gasteiger partial charge in [0.15, 0.2) is 0 Å². The molecule has 5 nitrogen and oxygen atoms in total. The normalized spacial score (nSPS) is 15.0. The van der Waals surface area contributed by atoms with Crippen LogP contribution in [-0.2, 0) is 0 Å². The number of rotatable bonds is 3. The highest BCUT2D eigenvalue weighted by Gasteiger charge is 2.18. The molecular weight excluding hydrogens is 322 g/mol. The Morgan fingerprint density at radius 3 is 2.88 bits per heavy atom. The minimum atomic E-state index is -0.142. The zero-order chi connectivity index (χ0) is 16.9. The van der Waals surface area contributed by atoms with Crippen molar-refractivity contribution in [3.05, 3.63) is 51.7 Å². The maximum atomic E-state index is 12.7. The fourth-order valence-electron chi connectivity index (χ4n) is 2.71. The highest BCUT2D eigenvalue weighted by molar-refractivity contribution is 7.12. The number of carbonyl (C=O) groups is 2. The second-order valence-corrected chi connectivity index (χ2v) is 6.80. The lowest BCUT2D eigenvalue weighted by Crippen LogP contribution is -2.34. The molecule has 0 saturated carbocycles. The second kappa shape index (κ2) is 7.59. The molecular formula is C18H21N3O2S. The summed E-state index contributed by atoms with van der Waals surface area (Å²) >= 11 is 1.40. The first-order valence-corrected chi connectivity index (χ1v) is 8.98. The number of aryl methyl sites for hydroxylation is 1. The predicted octanol–water partition coefficient (Wildman–Crippen LogP) is 2.74. The predicted molar refractivity (Wildman–Crippen MR) is 96.8 cm³/mol. The molecule has 2 amide bonds. The van der Waals surface area contributed by atoms with E-state index in [0.717, 1.165) is 31.6 Å². The third kappa shape index (κ3) is 3.83. The molecule has 6 heteroatoms. The smallest absolute Gasteiger partial charge is 0.265 e. The van der Waals surface area contributed by atoms with Crippen LogP contribution in [0.3, 0.4) is 0 Å². The fourth-order valence-corrected chi connectivity index (χ4v) is 3.33. The molecule has 2 aromatic rings. The highest BCUT2D eigenvalue weighted by Crippen LogP contribution is 2.20. The van der Waals surface area contributed by atoms with E-state index in [4.69, 9.17) is 0 Å². The van der Waals surface area contributed by atoms with Crippen molar-refractivity contribution < 1.29 is 9.59 Å². The molecule has 1 fully saturated rings. The molecule has 0 atom stereocenters. The molecule has 2 N–H and O–H groups in total. The Balaban J connectivity index is 1.77. The first kappa shape index (κ1) is 16.7. The van der Waals surface area contributed by atoms with E-state index in [-0.39, 0.29) is 11.8 Å². The molecule has 126 valence electrons. The molecule has 1 aromatic heterocycles. The molecule has 0 aliphatic carbocycles. The van der Waals surface area contributed by atoms with Gasteiger partial charge in [-0.2, -0.15) is 0 Å². The largest absolute Gasteiger partial charge is 0.337 e. The lowest BCUT2D eigenvalue weighted by atomic mass is 10.1. The number of hydrogen-bond donors (Lipinski definition) is 2. The zero-order valence-corrected chi connectivity index (χ0v) is 14.5. The average molecular weight is 343 g/mol. The Morgan fingerprint density at radius 2 is 2.08 bits per heavy atom. The maximum absolute atomic E-state index is 12.7. The minimum absolute atomic E-state index is 0.0188. The van der Waals surface area contributed by atoms with Gasteiger partial charge in [-0.05, 0) is 49.0 Å². The van der Waals surface area contributed by atoms with Crippen molar-refractivity contribution in [2.75, 3.05) is 31.5 Å². The number of nitrogens with one attached hydrogen (secondary N) is 2. The van der Waals surface area contributed by atoms with E-state index in [2.05, 4.69) is 10.6 Å². The van der Waals surface area contributed by atoms with Crippen LogP contribution in [0.15, 0.2) is 35.7 Å². The number of nitrogens with zero attached hydrogens (tertiary/aromatic N) is 1. The number of hydrogen-bond acceptors (Lipinski definition) is 4. The van der Waals surface area contributed by atoms with E-state index in [1.807, 2.05) is 35.4 Å². The Hall–Kier alpha value is -2.18. The van der Waals surface area contributed by atoms with Gasteiger partial charge < -0.3 is 15.5 Å². The van der Waals surface area contributed by atoms with E-state index < -0.39 is 0 Å². The summed E-state index contributed by atoms with van der Waals surface area (Å²) in [4.78, 5) is 27.5. The summed E-state index contributed by atoms with van der Waals surface area (Å²) < 4.78 is 0. The molecule has 2 heterocycles. The lowest BCUT2D eigenvalue weighted by molar-refractivity contribution is 0.0766. The summed E-state index contributed by atoms with van der Waals surface area (Å²) in [5.74, 6) is -0.123. The van der Waals surface area contributed by atoms with Crippen molar-refractivity contribution in [1.29, 1.82) is 0 Å². The second-order valence-electron chi connectivity index (χ2n) is 5.86. The summed E-state index contributed by atoms with van der Waals surface area (Å²) in [7, 11) is 0. The Morgan fingerprint density at radius 1 is 1.21 bits per heavy atom. The third-order valence-corrected chi connectivity index (χ3v) is 4.97. The fraction of sp³-hybridized carbons (Fsp3) is 0.333. The Labute approximate surface area is 145 Å². The van der Waals surface area contributed by atoms with Crippen LogP contribution in [0.4, 0.5) is 5.69 Å². The highest BCUT2D eigenvalue weighted by atomic mass is 32.1. The van der Waals surface area contributed by atoms with Crippen LogP contribution in [0.5, 0.6) is 0 Å². The average Bonchev–Trinajstić information content (AvgIpc) is 2.99. The van der Waals surface area contributed by atoms with Crippen molar-refractivity contribution in [3.8, 4) is 0 Å². The maximum Gasteiger partial charge on any atom is 0.265 e. The molecule has 24 heavy (non-hydrogen) atoms. The molecule has 1 aliphatic heterocycles. The number of amides is 2. The first-order chi connectivity index (χ1) is 11.6. The molecule has 3 rings (SSSR count). The summed E-state index contributed by atoms with van der Waals surface area (Å²) in [6.07, 6.45) is 0.958. The monoisotopic (exact) mass is 343 g/mol. The SMILES string of the molecule is Cc1ccc(C(=O)N2CCCNCC2)cc1NC(=O)c1cccs1. The number of carbonyl (C=O) groups excluding carboxylic acids is 2. The summed E-state index contributed by atoms with van der Waals surface area (Å²) in [6, 6.07) is 9.12. The molecule has 1 saturated heterocycles. The van der Waals surface area contributed by atoms with E-state index in [9.17, 15) is 9.59 Å². The number of benzene rings is 1. The van der Waals surface area contributed by atoms with Crippen molar-refractivity contribution >= 4 is 28.8 Å². The molecule has 0 radical (unpaired) electrons. The van der Waals surface area contributed by atoms with Crippen molar-refractivity contribution in [2.45, 2.75) is 13.3 Å². The van der Waals surface area contributed by atoms with Crippen molar-refractivity contribution in [2.24, 2.45) is 0 Å². The molecule has 0 spiro atoms. The third-order valence-electron chi connectivity index (χ3n) is 4.10. The topological polar surface area (TPSA) is 61.4 Å². The summed E-state index contributed by atoms with van der Waals surface area (Å²) in [5, 5.41) is 8.08. The Kier molecular flexibility index (Phi) is 5.27. The van der Waals surface area contributed by atoms with Gasteiger partial charge in [-0.3, -0.25) is 9.59 Å². The van der Waals surface area contributed by atoms with E-state index in [0.29, 0.717) is 22.7 Å². The van der Waals surface area contributed by atoms with E-state index in [1.54, 1.807) is 12.1 Å². The van der Waals surface area contributed by atoms with Gasteiger partial charge >= 0.3 is 0 Å². The molecule has 0 unspecified atom stereocenters. The summed E-state index contributed by atoms with van der Waals surface area (Å²) in [5.41, 5.74) is 2.24. The molecule has 1 aromatic carbocycles. The van der Waals surface area contributed by atoms with Gasteiger partial charge in [0.1, 0.15) is 0 Å². The van der Waals surface area contributed by atoms with Crippen LogP contribution < -0.4 is 10.6 Å². The number of anilines is 1. The quantitative estimate of drug-likeness (QED) is 0.901. The van der Waals surface area contributed by atoms with Crippen LogP contribution in [0.1, 0.15) is 32.0 Å². The van der Waals surface area contributed by atoms with Gasteiger partial charge in [0.05, 0.1) is 4.88 Å². The first-order valence-electron chi connectivity index (χ1n) is 8.10. The Bertz CT molecular complexity index is 720. The van der Waals surface area contributed by atoms with E-state index in [1.165, 1.54) is 11.3 Å². The van der Waals surface area contributed by atoms with Gasteiger partial charge in [-0.25, -0.2) is 0 Å². The van der Waals surface area contributed by atoms with Crippen LogP contribution in [-0.4, -0.2) is 42.9 Å². The van der Waals surface area contributed by atoms with Gasteiger partial charge in [0, 0.05) is 30.9 Å². The summed E-state index contributed by atoms with van der Waals surface area (Å²) in [6.45, 7) is 5.16. The lowest BCUT2D eigenvalue weighted by Gasteiger charge is -2.20. The molecule has 1 aliphatic rings. The van der Waals surface area contributed by atoms with Crippen molar-refractivity contribution in [3.63, 3.8) is 0 Å². The van der Waals surface area contributed by atoms with Gasteiger partial charge in [0.2, 0.25) is 0 Å². The van der Waals surface area contributed by atoms with Crippen LogP contribution in [0.25, 0.3) is 0 Å². The molecule has 0 bridgehead atoms.